The number of hydrogen-bond donors (Lipinski definition) is 1. The van der Waals surface area contributed by atoms with Crippen LogP contribution in [0.15, 0.2) is 46.2 Å². The highest BCUT2D eigenvalue weighted by Gasteiger charge is 2.23. The first-order valence-electron chi connectivity index (χ1n) is 10.2. The fourth-order valence-electron chi connectivity index (χ4n) is 3.88. The first kappa shape index (κ1) is 20.8. The van der Waals surface area contributed by atoms with Crippen LogP contribution in [0.2, 0.25) is 0 Å². The molecule has 3 heterocycles. The van der Waals surface area contributed by atoms with Gasteiger partial charge in [0.2, 0.25) is 11.8 Å². The molecule has 2 aromatic heterocycles. The third-order valence-electron chi connectivity index (χ3n) is 5.13. The molecule has 4 rings (SSSR count). The highest BCUT2D eigenvalue weighted by molar-refractivity contribution is 7.13. The summed E-state index contributed by atoms with van der Waals surface area (Å²) in [5, 5.41) is 5.05. The molecule has 1 aliphatic rings. The number of benzene rings is 1. The van der Waals surface area contributed by atoms with Crippen molar-refractivity contribution in [3.8, 4) is 10.8 Å². The summed E-state index contributed by atoms with van der Waals surface area (Å²) in [6.45, 7) is 8.59. The molecule has 1 saturated heterocycles. The number of ether oxygens (including phenoxy) is 1. The minimum atomic E-state index is -0.0970. The van der Waals surface area contributed by atoms with E-state index in [9.17, 15) is 4.79 Å². The molecule has 0 saturated carbocycles. The van der Waals surface area contributed by atoms with E-state index in [4.69, 9.17) is 9.15 Å². The summed E-state index contributed by atoms with van der Waals surface area (Å²) < 4.78 is 11.6. The lowest BCUT2D eigenvalue weighted by Gasteiger charge is -2.35. The van der Waals surface area contributed by atoms with E-state index in [1.165, 1.54) is 0 Å². The monoisotopic (exact) mass is 425 g/mol. The van der Waals surface area contributed by atoms with Gasteiger partial charge >= 0.3 is 0 Å². The highest BCUT2D eigenvalue weighted by Crippen LogP contribution is 2.26. The lowest BCUT2D eigenvalue weighted by molar-refractivity contribution is -0.115. The number of amides is 1. The van der Waals surface area contributed by atoms with Crippen LogP contribution >= 0.6 is 11.3 Å². The molecule has 1 fully saturated rings. The Hall–Kier alpha value is -2.48. The summed E-state index contributed by atoms with van der Waals surface area (Å²) in [7, 11) is 0. The Morgan fingerprint density at radius 2 is 1.97 bits per heavy atom. The summed E-state index contributed by atoms with van der Waals surface area (Å²) in [6, 6.07) is 11.9. The maximum Gasteiger partial charge on any atom is 0.236 e. The van der Waals surface area contributed by atoms with E-state index in [1.54, 1.807) is 11.3 Å². The Morgan fingerprint density at radius 3 is 2.70 bits per heavy atom. The van der Waals surface area contributed by atoms with Gasteiger partial charge in [-0.1, -0.05) is 24.3 Å². The number of carbonyl (C=O) groups is 1. The first-order chi connectivity index (χ1) is 14.5. The van der Waals surface area contributed by atoms with Crippen LogP contribution in [0.25, 0.3) is 10.8 Å². The topological polar surface area (TPSA) is 67.6 Å². The molecule has 7 heteroatoms. The van der Waals surface area contributed by atoms with Crippen molar-refractivity contribution in [3.63, 3.8) is 0 Å². The summed E-state index contributed by atoms with van der Waals surface area (Å²) >= 11 is 1.57. The van der Waals surface area contributed by atoms with Gasteiger partial charge in [-0.3, -0.25) is 9.69 Å². The van der Waals surface area contributed by atoms with Gasteiger partial charge in [-0.25, -0.2) is 4.98 Å². The largest absolute Gasteiger partial charge is 0.440 e. The molecule has 1 N–H and O–H groups in total. The SMILES string of the molecule is Cc1oc(-c2cccs2)nc1CC(=O)Nc1ccccc1CN1CC(C)OC(C)C1. The first-order valence-corrected chi connectivity index (χ1v) is 11.1. The number of aryl methyl sites for hydroxylation is 1. The van der Waals surface area contributed by atoms with E-state index < -0.39 is 0 Å². The van der Waals surface area contributed by atoms with Crippen LogP contribution in [0, 0.1) is 6.92 Å². The van der Waals surface area contributed by atoms with Gasteiger partial charge in [-0.05, 0) is 43.8 Å². The van der Waals surface area contributed by atoms with E-state index in [-0.39, 0.29) is 24.5 Å². The average Bonchev–Trinajstić information content (AvgIpc) is 3.33. The van der Waals surface area contributed by atoms with E-state index >= 15 is 0 Å². The number of oxazole rings is 1. The molecule has 6 nitrogen and oxygen atoms in total. The Balaban J connectivity index is 1.43. The molecule has 30 heavy (non-hydrogen) atoms. The highest BCUT2D eigenvalue weighted by atomic mass is 32.1. The molecule has 0 bridgehead atoms. The van der Waals surface area contributed by atoms with Crippen molar-refractivity contribution < 1.29 is 13.9 Å². The summed E-state index contributed by atoms with van der Waals surface area (Å²) in [5.74, 6) is 1.15. The van der Waals surface area contributed by atoms with Crippen LogP contribution in [-0.2, 0) is 22.5 Å². The second-order valence-electron chi connectivity index (χ2n) is 7.83. The maximum absolute atomic E-state index is 12.8. The van der Waals surface area contributed by atoms with Gasteiger partial charge < -0.3 is 14.5 Å². The number of anilines is 1. The van der Waals surface area contributed by atoms with Crippen molar-refractivity contribution in [1.29, 1.82) is 0 Å². The van der Waals surface area contributed by atoms with Crippen molar-refractivity contribution in [3.05, 3.63) is 58.8 Å². The molecule has 1 aromatic carbocycles. The molecule has 0 aliphatic carbocycles. The number of para-hydroxylation sites is 1. The molecular weight excluding hydrogens is 398 g/mol. The number of thiophene rings is 1. The van der Waals surface area contributed by atoms with Gasteiger partial charge in [0.15, 0.2) is 0 Å². The van der Waals surface area contributed by atoms with Crippen molar-refractivity contribution in [2.75, 3.05) is 18.4 Å². The van der Waals surface area contributed by atoms with E-state index in [1.807, 2.05) is 42.6 Å². The lowest BCUT2D eigenvalue weighted by Crippen LogP contribution is -2.44. The summed E-state index contributed by atoms with van der Waals surface area (Å²) in [5.41, 5.74) is 2.61. The number of aromatic nitrogens is 1. The summed E-state index contributed by atoms with van der Waals surface area (Å²) in [6.07, 6.45) is 0.604. The number of nitrogens with zero attached hydrogens (tertiary/aromatic N) is 2. The average molecular weight is 426 g/mol. The lowest BCUT2D eigenvalue weighted by atomic mass is 10.1. The minimum absolute atomic E-state index is 0.0970. The molecule has 0 radical (unpaired) electrons. The fourth-order valence-corrected chi connectivity index (χ4v) is 4.53. The molecule has 158 valence electrons. The van der Waals surface area contributed by atoms with Crippen LogP contribution in [0.1, 0.15) is 30.9 Å². The zero-order valence-electron chi connectivity index (χ0n) is 17.6. The van der Waals surface area contributed by atoms with E-state index in [0.717, 1.165) is 35.8 Å². The van der Waals surface area contributed by atoms with Crippen molar-refractivity contribution in [2.45, 2.75) is 45.9 Å². The third kappa shape index (κ3) is 4.98. The Bertz CT molecular complexity index is 989. The molecule has 3 aromatic rings. The number of hydrogen-bond acceptors (Lipinski definition) is 6. The zero-order chi connectivity index (χ0) is 21.1. The normalized spacial score (nSPS) is 19.7. The standard InChI is InChI=1S/C23H27N3O3S/c1-15-12-26(13-16(2)28-15)14-18-7-4-5-8-19(18)24-22(27)11-20-17(3)29-23(25-20)21-9-6-10-30-21/h4-10,15-16H,11-14H2,1-3H3,(H,24,27). The molecular formula is C23H27N3O3S. The van der Waals surface area contributed by atoms with Crippen LogP contribution < -0.4 is 5.32 Å². The predicted molar refractivity (Wildman–Crippen MR) is 119 cm³/mol. The van der Waals surface area contributed by atoms with E-state index in [2.05, 4.69) is 35.1 Å². The zero-order valence-corrected chi connectivity index (χ0v) is 18.4. The van der Waals surface area contributed by atoms with Crippen molar-refractivity contribution >= 4 is 22.9 Å². The minimum Gasteiger partial charge on any atom is -0.440 e. The van der Waals surface area contributed by atoms with Gasteiger partial charge in [0.1, 0.15) is 5.76 Å². The van der Waals surface area contributed by atoms with Gasteiger partial charge in [-0.2, -0.15) is 0 Å². The number of rotatable bonds is 6. The molecule has 0 spiro atoms. The second-order valence-corrected chi connectivity index (χ2v) is 8.78. The Labute approximate surface area is 180 Å². The Kier molecular flexibility index (Phi) is 6.32. The quantitative estimate of drug-likeness (QED) is 0.630. The fraction of sp³-hybridized carbons (Fsp3) is 0.391. The van der Waals surface area contributed by atoms with Crippen LogP contribution in [-0.4, -0.2) is 41.1 Å². The number of carbonyl (C=O) groups excluding carboxylic acids is 1. The number of nitrogens with one attached hydrogen (secondary N) is 1. The number of morpholine rings is 1. The molecule has 2 unspecified atom stereocenters. The second kappa shape index (κ2) is 9.12. The van der Waals surface area contributed by atoms with Crippen LogP contribution in [0.5, 0.6) is 0 Å². The Morgan fingerprint density at radius 1 is 1.20 bits per heavy atom. The molecule has 1 aliphatic heterocycles. The van der Waals surface area contributed by atoms with E-state index in [0.29, 0.717) is 17.3 Å². The third-order valence-corrected chi connectivity index (χ3v) is 5.99. The van der Waals surface area contributed by atoms with Crippen molar-refractivity contribution in [2.24, 2.45) is 0 Å². The van der Waals surface area contributed by atoms with Crippen LogP contribution in [0.3, 0.4) is 0 Å². The molecule has 2 atom stereocenters. The molecule has 1 amide bonds. The maximum atomic E-state index is 12.8. The van der Waals surface area contributed by atoms with Crippen molar-refractivity contribution in [1.82, 2.24) is 9.88 Å². The van der Waals surface area contributed by atoms with Gasteiger partial charge in [0.05, 0.1) is 29.2 Å². The van der Waals surface area contributed by atoms with Gasteiger partial charge in [-0.15, -0.1) is 11.3 Å². The van der Waals surface area contributed by atoms with Gasteiger partial charge in [0, 0.05) is 25.3 Å². The van der Waals surface area contributed by atoms with Crippen LogP contribution in [0.4, 0.5) is 5.69 Å². The van der Waals surface area contributed by atoms with Gasteiger partial charge in [0.25, 0.3) is 0 Å². The smallest absolute Gasteiger partial charge is 0.236 e. The summed E-state index contributed by atoms with van der Waals surface area (Å²) in [4.78, 5) is 20.6. The predicted octanol–water partition coefficient (Wildman–Crippen LogP) is 4.50.